The lowest BCUT2D eigenvalue weighted by Gasteiger charge is -2.09. The molecule has 2 aromatic heterocycles. The van der Waals surface area contributed by atoms with E-state index >= 15 is 0 Å². The molecule has 0 saturated carbocycles. The highest BCUT2D eigenvalue weighted by Gasteiger charge is 2.21. The van der Waals surface area contributed by atoms with Crippen LogP contribution in [0.5, 0.6) is 5.75 Å². The number of primary amides is 1. The molecule has 3 rings (SSSR count). The molecule has 12 heteroatoms. The summed E-state index contributed by atoms with van der Waals surface area (Å²) in [5.41, 5.74) is 6.77. The molecule has 0 bridgehead atoms. The number of halogens is 1. The molecule has 0 spiro atoms. The second-order valence-electron chi connectivity index (χ2n) is 5.17. The molecule has 0 unspecified atom stereocenters. The number of carbonyl (C=O) groups excluding carboxylic acids is 1. The summed E-state index contributed by atoms with van der Waals surface area (Å²) in [6.07, 6.45) is 1.34. The van der Waals surface area contributed by atoms with Gasteiger partial charge in [0.1, 0.15) is 11.4 Å². The molecule has 1 aromatic carbocycles. The Morgan fingerprint density at radius 1 is 1.46 bits per heavy atom. The SMILES string of the molecule is COc1ccc(-c2n[nH]nc2C(N)=O)cc1Cn1cc(Cl)c([N+](=O)[O-])n1. The number of ether oxygens (including phenoxy) is 1. The van der Waals surface area contributed by atoms with Crippen molar-refractivity contribution in [3.8, 4) is 17.0 Å². The summed E-state index contributed by atoms with van der Waals surface area (Å²) in [6, 6.07) is 5.05. The number of methoxy groups -OCH3 is 1. The predicted molar refractivity (Wildman–Crippen MR) is 89.9 cm³/mol. The number of benzene rings is 1. The van der Waals surface area contributed by atoms with Crippen LogP contribution in [-0.2, 0) is 6.54 Å². The number of carbonyl (C=O) groups is 1. The maximum atomic E-state index is 11.4. The van der Waals surface area contributed by atoms with Gasteiger partial charge in [-0.15, -0.1) is 0 Å². The molecule has 3 aromatic rings. The Morgan fingerprint density at radius 2 is 2.23 bits per heavy atom. The molecular weight excluding hydrogens is 366 g/mol. The van der Waals surface area contributed by atoms with E-state index in [1.165, 1.54) is 18.0 Å². The number of nitro groups is 1. The van der Waals surface area contributed by atoms with Gasteiger partial charge in [-0.1, -0.05) is 11.6 Å². The summed E-state index contributed by atoms with van der Waals surface area (Å²) in [6.45, 7) is 0.147. The van der Waals surface area contributed by atoms with Crippen LogP contribution in [0.4, 0.5) is 5.82 Å². The molecule has 26 heavy (non-hydrogen) atoms. The summed E-state index contributed by atoms with van der Waals surface area (Å²) >= 11 is 5.82. The van der Waals surface area contributed by atoms with E-state index in [0.29, 0.717) is 16.9 Å². The number of nitrogens with two attached hydrogens (primary N) is 1. The third-order valence-corrected chi connectivity index (χ3v) is 3.81. The highest BCUT2D eigenvalue weighted by atomic mass is 35.5. The Kier molecular flexibility index (Phi) is 4.54. The monoisotopic (exact) mass is 377 g/mol. The van der Waals surface area contributed by atoms with Gasteiger partial charge in [-0.25, -0.2) is 0 Å². The third-order valence-electron chi connectivity index (χ3n) is 3.54. The van der Waals surface area contributed by atoms with Gasteiger partial charge in [0.15, 0.2) is 10.7 Å². The fraction of sp³-hybridized carbons (Fsp3) is 0.143. The average molecular weight is 378 g/mol. The Hall–Kier alpha value is -3.47. The number of nitrogens with zero attached hydrogens (tertiary/aromatic N) is 5. The number of nitrogens with one attached hydrogen (secondary N) is 1. The van der Waals surface area contributed by atoms with Crippen LogP contribution in [-0.4, -0.2) is 43.1 Å². The van der Waals surface area contributed by atoms with Crippen LogP contribution < -0.4 is 10.5 Å². The van der Waals surface area contributed by atoms with Crippen LogP contribution in [0.3, 0.4) is 0 Å². The van der Waals surface area contributed by atoms with E-state index in [4.69, 9.17) is 22.1 Å². The van der Waals surface area contributed by atoms with E-state index in [9.17, 15) is 14.9 Å². The number of hydrogen-bond donors (Lipinski definition) is 2. The summed E-state index contributed by atoms with van der Waals surface area (Å²) < 4.78 is 6.63. The maximum Gasteiger partial charge on any atom is 0.408 e. The average Bonchev–Trinajstić information content (AvgIpc) is 3.21. The zero-order valence-corrected chi connectivity index (χ0v) is 14.1. The Bertz CT molecular complexity index is 997. The first-order valence-electron chi connectivity index (χ1n) is 7.16. The van der Waals surface area contributed by atoms with Crippen LogP contribution in [0.2, 0.25) is 5.02 Å². The molecule has 0 radical (unpaired) electrons. The van der Waals surface area contributed by atoms with E-state index in [1.54, 1.807) is 18.2 Å². The minimum absolute atomic E-state index is 0.00103. The van der Waals surface area contributed by atoms with E-state index < -0.39 is 16.6 Å². The first-order chi connectivity index (χ1) is 12.4. The zero-order valence-electron chi connectivity index (χ0n) is 13.3. The standard InChI is InChI=1S/C14H12ClN7O4/c1-26-10-3-2-7(11-12(13(16)23)18-20-17-11)4-8(10)5-21-6-9(15)14(19-21)22(24)25/h2-4,6H,5H2,1H3,(H2,16,23)(H,17,18,20). The highest BCUT2D eigenvalue weighted by molar-refractivity contribution is 6.32. The highest BCUT2D eigenvalue weighted by Crippen LogP contribution is 2.28. The van der Waals surface area contributed by atoms with Gasteiger partial charge in [-0.05, 0) is 23.1 Å². The maximum absolute atomic E-state index is 11.4. The third kappa shape index (κ3) is 3.19. The largest absolute Gasteiger partial charge is 0.496 e. The first kappa shape index (κ1) is 17.4. The fourth-order valence-corrected chi connectivity index (χ4v) is 2.64. The molecule has 3 N–H and O–H groups in total. The van der Waals surface area contributed by atoms with E-state index in [-0.39, 0.29) is 23.0 Å². The molecule has 0 aliphatic carbocycles. The van der Waals surface area contributed by atoms with Crippen LogP contribution in [0.1, 0.15) is 16.1 Å². The normalized spacial score (nSPS) is 10.7. The van der Waals surface area contributed by atoms with E-state index in [1.807, 2.05) is 0 Å². The Labute approximate surface area is 150 Å². The minimum Gasteiger partial charge on any atom is -0.496 e. The van der Waals surface area contributed by atoms with Crippen molar-refractivity contribution in [2.24, 2.45) is 5.73 Å². The van der Waals surface area contributed by atoms with E-state index in [2.05, 4.69) is 20.5 Å². The molecule has 11 nitrogen and oxygen atoms in total. The van der Waals surface area contributed by atoms with Crippen molar-refractivity contribution in [2.45, 2.75) is 6.54 Å². The summed E-state index contributed by atoms with van der Waals surface area (Å²) in [7, 11) is 1.49. The van der Waals surface area contributed by atoms with Crippen molar-refractivity contribution in [2.75, 3.05) is 7.11 Å². The number of H-pyrrole nitrogens is 1. The molecule has 2 heterocycles. The van der Waals surface area contributed by atoms with Gasteiger partial charge in [0.2, 0.25) is 0 Å². The second kappa shape index (κ2) is 6.80. The zero-order chi connectivity index (χ0) is 18.8. The summed E-state index contributed by atoms with van der Waals surface area (Å²) in [4.78, 5) is 21.7. The fourth-order valence-electron chi connectivity index (χ4n) is 2.42. The Morgan fingerprint density at radius 3 is 2.85 bits per heavy atom. The number of hydrogen-bond acceptors (Lipinski definition) is 7. The number of amides is 1. The quantitative estimate of drug-likeness (QED) is 0.485. The van der Waals surface area contributed by atoms with Gasteiger partial charge in [0, 0.05) is 11.1 Å². The van der Waals surface area contributed by atoms with Crippen molar-refractivity contribution in [3.63, 3.8) is 0 Å². The number of rotatable bonds is 6. The predicted octanol–water partition coefficient (Wildman–Crippen LogP) is 1.39. The van der Waals surface area contributed by atoms with Gasteiger partial charge in [-0.2, -0.15) is 20.1 Å². The smallest absolute Gasteiger partial charge is 0.408 e. The van der Waals surface area contributed by atoms with E-state index in [0.717, 1.165) is 0 Å². The lowest BCUT2D eigenvalue weighted by molar-refractivity contribution is -0.389. The van der Waals surface area contributed by atoms with Gasteiger partial charge in [0.25, 0.3) is 5.91 Å². The van der Waals surface area contributed by atoms with Gasteiger partial charge < -0.3 is 20.6 Å². The van der Waals surface area contributed by atoms with Gasteiger partial charge in [0.05, 0.1) is 25.0 Å². The van der Waals surface area contributed by atoms with Gasteiger partial charge >= 0.3 is 5.82 Å². The van der Waals surface area contributed by atoms with Crippen molar-refractivity contribution < 1.29 is 14.5 Å². The summed E-state index contributed by atoms with van der Waals surface area (Å²) in [5, 5.41) is 24.7. The Balaban J connectivity index is 2.01. The molecule has 1 amide bonds. The second-order valence-corrected chi connectivity index (χ2v) is 5.57. The van der Waals surface area contributed by atoms with Crippen molar-refractivity contribution in [1.82, 2.24) is 25.2 Å². The van der Waals surface area contributed by atoms with Crippen molar-refractivity contribution in [3.05, 3.63) is 50.8 Å². The molecule has 0 fully saturated rings. The van der Waals surface area contributed by atoms with Crippen molar-refractivity contribution in [1.29, 1.82) is 0 Å². The molecule has 0 aliphatic heterocycles. The lowest BCUT2D eigenvalue weighted by atomic mass is 10.1. The van der Waals surface area contributed by atoms with Gasteiger partial charge in [-0.3, -0.25) is 4.79 Å². The van der Waals surface area contributed by atoms with Crippen LogP contribution in [0.25, 0.3) is 11.3 Å². The minimum atomic E-state index is -0.722. The van der Waals surface area contributed by atoms with Crippen LogP contribution >= 0.6 is 11.6 Å². The number of aromatic nitrogens is 5. The molecule has 134 valence electrons. The van der Waals surface area contributed by atoms with Crippen LogP contribution in [0, 0.1) is 10.1 Å². The molecular formula is C14H12ClN7O4. The first-order valence-corrected chi connectivity index (χ1v) is 7.53. The molecule has 0 aliphatic rings. The summed E-state index contributed by atoms with van der Waals surface area (Å²) in [5.74, 6) is -0.637. The van der Waals surface area contributed by atoms with Crippen LogP contribution in [0.15, 0.2) is 24.4 Å². The molecule has 0 saturated heterocycles. The van der Waals surface area contributed by atoms with Crippen molar-refractivity contribution >= 4 is 23.3 Å². The molecule has 0 atom stereocenters. The number of aromatic amines is 1. The topological polar surface area (TPSA) is 155 Å². The lowest BCUT2D eigenvalue weighted by Crippen LogP contribution is -2.13.